The SMILES string of the molecule is CCN(C(=O)C(CC(C)C)NC(=O)OC(C)(C)C)C(C(=O)NCc1ccccc1)c1ccc(C)cc1. The summed E-state index contributed by atoms with van der Waals surface area (Å²) in [5.74, 6) is -0.465. The summed E-state index contributed by atoms with van der Waals surface area (Å²) in [5.41, 5.74) is 2.04. The molecule has 2 atom stereocenters. The summed E-state index contributed by atoms with van der Waals surface area (Å²) in [6, 6.07) is 15.6. The number of carbonyl (C=O) groups is 3. The van der Waals surface area contributed by atoms with Gasteiger partial charge in [-0.2, -0.15) is 0 Å². The molecule has 7 heteroatoms. The minimum Gasteiger partial charge on any atom is -0.444 e. The largest absolute Gasteiger partial charge is 0.444 e. The van der Waals surface area contributed by atoms with Gasteiger partial charge >= 0.3 is 6.09 Å². The van der Waals surface area contributed by atoms with Crippen LogP contribution in [-0.4, -0.2) is 41.0 Å². The molecule has 2 aromatic carbocycles. The summed E-state index contributed by atoms with van der Waals surface area (Å²) in [6.45, 7) is 13.7. The Morgan fingerprint density at radius 3 is 2.11 bits per heavy atom. The molecule has 0 aliphatic rings. The highest BCUT2D eigenvalue weighted by Crippen LogP contribution is 2.24. The van der Waals surface area contributed by atoms with Gasteiger partial charge in [-0.15, -0.1) is 0 Å². The number of rotatable bonds is 10. The average Bonchev–Trinajstić information content (AvgIpc) is 2.80. The van der Waals surface area contributed by atoms with Crippen molar-refractivity contribution in [3.05, 3.63) is 71.3 Å². The molecule has 0 spiro atoms. The van der Waals surface area contributed by atoms with E-state index in [9.17, 15) is 14.4 Å². The van der Waals surface area contributed by atoms with Crippen molar-refractivity contribution in [2.45, 2.75) is 79.1 Å². The fourth-order valence-electron chi connectivity index (χ4n) is 3.91. The second kappa shape index (κ2) is 13.1. The maximum atomic E-state index is 13.8. The standard InChI is InChI=1S/C29H41N3O4/c1-8-32(27(34)24(18-20(2)3)31-28(35)36-29(5,6)7)25(23-16-14-21(4)15-17-23)26(33)30-19-22-12-10-9-11-13-22/h9-17,20,24-25H,8,18-19H2,1-7H3,(H,30,33)(H,31,35). The van der Waals surface area contributed by atoms with Crippen LogP contribution in [0.15, 0.2) is 54.6 Å². The monoisotopic (exact) mass is 495 g/mol. The number of benzene rings is 2. The van der Waals surface area contributed by atoms with Crippen LogP contribution in [0.3, 0.4) is 0 Å². The first kappa shape index (κ1) is 28.9. The molecule has 0 radical (unpaired) electrons. The molecule has 36 heavy (non-hydrogen) atoms. The summed E-state index contributed by atoms with van der Waals surface area (Å²) < 4.78 is 5.41. The molecular weight excluding hydrogens is 454 g/mol. The Kier molecular flexibility index (Phi) is 10.5. The Morgan fingerprint density at radius 1 is 0.972 bits per heavy atom. The molecule has 2 N–H and O–H groups in total. The number of alkyl carbamates (subject to hydrolysis) is 1. The van der Waals surface area contributed by atoms with Crippen molar-refractivity contribution in [3.63, 3.8) is 0 Å². The number of hydrogen-bond donors (Lipinski definition) is 2. The highest BCUT2D eigenvalue weighted by atomic mass is 16.6. The maximum absolute atomic E-state index is 13.8. The Hall–Kier alpha value is -3.35. The molecule has 0 saturated carbocycles. The predicted octanol–water partition coefficient (Wildman–Crippen LogP) is 5.14. The van der Waals surface area contributed by atoms with Gasteiger partial charge in [0.25, 0.3) is 0 Å². The molecular formula is C29H41N3O4. The van der Waals surface area contributed by atoms with Crippen LogP contribution in [0, 0.1) is 12.8 Å². The lowest BCUT2D eigenvalue weighted by Crippen LogP contribution is -2.53. The fraction of sp³-hybridized carbons (Fsp3) is 0.483. The molecule has 196 valence electrons. The van der Waals surface area contributed by atoms with Gasteiger partial charge in [0.2, 0.25) is 11.8 Å². The number of amides is 3. The summed E-state index contributed by atoms with van der Waals surface area (Å²) in [6.07, 6.45) is -0.237. The zero-order valence-electron chi connectivity index (χ0n) is 22.6. The van der Waals surface area contributed by atoms with Crippen molar-refractivity contribution < 1.29 is 19.1 Å². The van der Waals surface area contributed by atoms with Crippen molar-refractivity contribution in [1.29, 1.82) is 0 Å². The molecule has 0 fully saturated rings. The lowest BCUT2D eigenvalue weighted by molar-refractivity contribution is -0.142. The molecule has 0 bridgehead atoms. The first-order chi connectivity index (χ1) is 16.9. The van der Waals surface area contributed by atoms with Crippen LogP contribution in [0.1, 0.15) is 70.7 Å². The Bertz CT molecular complexity index is 997. The first-order valence-electron chi connectivity index (χ1n) is 12.6. The Labute approximate surface area is 215 Å². The number of aryl methyl sites for hydroxylation is 1. The second-order valence-electron chi connectivity index (χ2n) is 10.5. The van der Waals surface area contributed by atoms with Gasteiger partial charge in [0.15, 0.2) is 0 Å². The van der Waals surface area contributed by atoms with Crippen molar-refractivity contribution in [2.24, 2.45) is 5.92 Å². The Morgan fingerprint density at radius 2 is 1.58 bits per heavy atom. The molecule has 2 rings (SSSR count). The number of carbonyl (C=O) groups excluding carboxylic acids is 3. The van der Waals surface area contributed by atoms with Crippen molar-refractivity contribution in [3.8, 4) is 0 Å². The fourth-order valence-corrected chi connectivity index (χ4v) is 3.91. The number of nitrogens with one attached hydrogen (secondary N) is 2. The highest BCUT2D eigenvalue weighted by molar-refractivity contribution is 5.92. The third-order valence-electron chi connectivity index (χ3n) is 5.58. The Balaban J connectivity index is 2.36. The van der Waals surface area contributed by atoms with Crippen LogP contribution in [0.2, 0.25) is 0 Å². The number of hydrogen-bond acceptors (Lipinski definition) is 4. The minimum atomic E-state index is -0.845. The van der Waals surface area contributed by atoms with E-state index in [1.807, 2.05) is 82.3 Å². The third-order valence-corrected chi connectivity index (χ3v) is 5.58. The summed E-state index contributed by atoms with van der Waals surface area (Å²) >= 11 is 0. The van der Waals surface area contributed by atoms with Crippen LogP contribution in [-0.2, 0) is 20.9 Å². The quantitative estimate of drug-likeness (QED) is 0.478. The van der Waals surface area contributed by atoms with Crippen LogP contribution in [0.4, 0.5) is 4.79 Å². The van der Waals surface area contributed by atoms with E-state index < -0.39 is 23.8 Å². The zero-order chi connectivity index (χ0) is 26.9. The van der Waals surface area contributed by atoms with E-state index >= 15 is 0 Å². The van der Waals surface area contributed by atoms with E-state index in [0.717, 1.165) is 11.1 Å². The number of ether oxygens (including phenoxy) is 1. The van der Waals surface area contributed by atoms with Crippen molar-refractivity contribution in [1.82, 2.24) is 15.5 Å². The van der Waals surface area contributed by atoms with Crippen LogP contribution < -0.4 is 10.6 Å². The highest BCUT2D eigenvalue weighted by Gasteiger charge is 2.35. The van der Waals surface area contributed by atoms with Crippen LogP contribution in [0.25, 0.3) is 0 Å². The minimum absolute atomic E-state index is 0.136. The van der Waals surface area contributed by atoms with Crippen molar-refractivity contribution >= 4 is 17.9 Å². The van der Waals surface area contributed by atoms with Crippen LogP contribution >= 0.6 is 0 Å². The maximum Gasteiger partial charge on any atom is 0.408 e. The summed E-state index contributed by atoms with van der Waals surface area (Å²) in [4.78, 5) is 41.5. The van der Waals surface area contributed by atoms with Gasteiger partial charge in [-0.25, -0.2) is 4.79 Å². The normalized spacial score (nSPS) is 13.0. The van der Waals surface area contributed by atoms with Gasteiger partial charge in [-0.3, -0.25) is 9.59 Å². The molecule has 0 saturated heterocycles. The van der Waals surface area contributed by atoms with E-state index in [-0.39, 0.29) is 17.7 Å². The third kappa shape index (κ3) is 9.02. The van der Waals surface area contributed by atoms with E-state index in [4.69, 9.17) is 4.74 Å². The lowest BCUT2D eigenvalue weighted by atomic mass is 9.98. The molecule has 2 unspecified atom stereocenters. The van der Waals surface area contributed by atoms with Gasteiger partial charge in [0.1, 0.15) is 17.7 Å². The molecule has 0 aliphatic carbocycles. The molecule has 0 aromatic heterocycles. The molecule has 2 aromatic rings. The zero-order valence-corrected chi connectivity index (χ0v) is 22.6. The molecule has 0 aliphatic heterocycles. The van der Waals surface area contributed by atoms with Gasteiger partial charge in [-0.1, -0.05) is 74.0 Å². The summed E-state index contributed by atoms with van der Waals surface area (Å²) in [7, 11) is 0. The summed E-state index contributed by atoms with van der Waals surface area (Å²) in [5, 5.41) is 5.74. The van der Waals surface area contributed by atoms with Gasteiger partial charge < -0.3 is 20.3 Å². The average molecular weight is 496 g/mol. The molecule has 0 heterocycles. The lowest BCUT2D eigenvalue weighted by Gasteiger charge is -2.34. The van der Waals surface area contributed by atoms with Crippen LogP contribution in [0.5, 0.6) is 0 Å². The topological polar surface area (TPSA) is 87.7 Å². The van der Waals surface area contributed by atoms with E-state index in [1.165, 1.54) is 4.90 Å². The van der Waals surface area contributed by atoms with E-state index in [0.29, 0.717) is 25.1 Å². The van der Waals surface area contributed by atoms with Crippen molar-refractivity contribution in [2.75, 3.05) is 6.54 Å². The van der Waals surface area contributed by atoms with E-state index in [1.54, 1.807) is 20.8 Å². The van der Waals surface area contributed by atoms with E-state index in [2.05, 4.69) is 10.6 Å². The predicted molar refractivity (Wildman–Crippen MR) is 142 cm³/mol. The first-order valence-corrected chi connectivity index (χ1v) is 12.6. The smallest absolute Gasteiger partial charge is 0.408 e. The number of nitrogens with zero attached hydrogens (tertiary/aromatic N) is 1. The second-order valence-corrected chi connectivity index (χ2v) is 10.5. The van der Waals surface area contributed by atoms with Gasteiger partial charge in [0, 0.05) is 13.1 Å². The molecule has 3 amide bonds. The van der Waals surface area contributed by atoms with Gasteiger partial charge in [0.05, 0.1) is 0 Å². The number of likely N-dealkylation sites (N-methyl/N-ethyl adjacent to an activating group) is 1. The van der Waals surface area contributed by atoms with Gasteiger partial charge in [-0.05, 0) is 58.1 Å². The molecule has 7 nitrogen and oxygen atoms in total.